The molecule has 0 aromatic heterocycles. The van der Waals surface area contributed by atoms with Crippen LogP contribution in [-0.4, -0.2) is 6.61 Å². The summed E-state index contributed by atoms with van der Waals surface area (Å²) in [5.41, 5.74) is 1.15. The van der Waals surface area contributed by atoms with Gasteiger partial charge in [-0.15, -0.1) is 0 Å². The van der Waals surface area contributed by atoms with E-state index in [1.54, 1.807) is 6.07 Å². The van der Waals surface area contributed by atoms with Crippen molar-refractivity contribution in [1.29, 1.82) is 0 Å². The Bertz CT molecular complexity index is 267. The van der Waals surface area contributed by atoms with Crippen LogP contribution in [0.15, 0.2) is 12.1 Å². The highest BCUT2D eigenvalue weighted by Gasteiger charge is 2.13. The zero-order valence-electron chi connectivity index (χ0n) is 5.73. The molecule has 1 aliphatic heterocycles. The first-order chi connectivity index (χ1) is 5.27. The lowest BCUT2D eigenvalue weighted by Crippen LogP contribution is -1.85. The molecule has 1 nitrogen and oxygen atoms in total. The van der Waals surface area contributed by atoms with Crippen LogP contribution >= 0.6 is 23.2 Å². The number of hydrogen-bond donors (Lipinski definition) is 0. The third kappa shape index (κ3) is 1.19. The molecule has 0 N–H and O–H groups in total. The van der Waals surface area contributed by atoms with Gasteiger partial charge in [-0.3, -0.25) is 0 Å². The van der Waals surface area contributed by atoms with Crippen molar-refractivity contribution in [3.05, 3.63) is 27.7 Å². The van der Waals surface area contributed by atoms with Crippen LogP contribution in [-0.2, 0) is 6.42 Å². The average Bonchev–Trinajstić information content (AvgIpc) is 2.36. The van der Waals surface area contributed by atoms with Crippen molar-refractivity contribution < 1.29 is 4.74 Å². The van der Waals surface area contributed by atoms with Gasteiger partial charge in [-0.25, -0.2) is 0 Å². The molecule has 3 heteroatoms. The van der Waals surface area contributed by atoms with E-state index in [0.717, 1.165) is 24.3 Å². The molecule has 1 aromatic carbocycles. The predicted octanol–water partition coefficient (Wildman–Crippen LogP) is 2.93. The fourth-order valence-corrected chi connectivity index (χ4v) is 1.51. The molecular weight excluding hydrogens is 183 g/mol. The molecule has 1 heterocycles. The second kappa shape index (κ2) is 2.58. The Morgan fingerprint density at radius 3 is 2.73 bits per heavy atom. The zero-order valence-corrected chi connectivity index (χ0v) is 7.24. The maximum absolute atomic E-state index is 5.80. The third-order valence-corrected chi connectivity index (χ3v) is 2.45. The Morgan fingerprint density at radius 1 is 1.18 bits per heavy atom. The van der Waals surface area contributed by atoms with E-state index in [4.69, 9.17) is 27.9 Å². The van der Waals surface area contributed by atoms with Gasteiger partial charge in [-0.2, -0.15) is 0 Å². The van der Waals surface area contributed by atoms with Gasteiger partial charge in [0.25, 0.3) is 0 Å². The molecule has 0 fully saturated rings. The molecule has 0 saturated carbocycles. The van der Waals surface area contributed by atoms with Crippen LogP contribution in [0.25, 0.3) is 0 Å². The molecule has 0 aliphatic carbocycles. The lowest BCUT2D eigenvalue weighted by molar-refractivity contribution is 0.357. The Kier molecular flexibility index (Phi) is 1.70. The summed E-state index contributed by atoms with van der Waals surface area (Å²) >= 11 is 11.6. The number of hydrogen-bond acceptors (Lipinski definition) is 1. The fourth-order valence-electron chi connectivity index (χ4n) is 1.17. The Labute approximate surface area is 74.9 Å². The van der Waals surface area contributed by atoms with E-state index in [2.05, 4.69) is 0 Å². The number of ether oxygens (including phenoxy) is 1. The first-order valence-electron chi connectivity index (χ1n) is 3.38. The molecule has 0 radical (unpaired) electrons. The molecule has 1 aliphatic rings. The van der Waals surface area contributed by atoms with Crippen LogP contribution < -0.4 is 4.74 Å². The van der Waals surface area contributed by atoms with E-state index < -0.39 is 0 Å². The highest BCUT2D eigenvalue weighted by Crippen LogP contribution is 2.33. The number of fused-ring (bicyclic) bond motifs is 1. The zero-order chi connectivity index (χ0) is 7.84. The lowest BCUT2D eigenvalue weighted by atomic mass is 10.2. The summed E-state index contributed by atoms with van der Waals surface area (Å²) < 4.78 is 5.29. The molecule has 0 unspecified atom stereocenters. The maximum atomic E-state index is 5.80. The summed E-state index contributed by atoms with van der Waals surface area (Å²) in [7, 11) is 0. The second-order valence-corrected chi connectivity index (χ2v) is 3.29. The molecule has 58 valence electrons. The second-order valence-electron chi connectivity index (χ2n) is 2.47. The van der Waals surface area contributed by atoms with Crippen LogP contribution in [0, 0.1) is 0 Å². The first-order valence-corrected chi connectivity index (χ1v) is 4.13. The van der Waals surface area contributed by atoms with Gasteiger partial charge in [-0.1, -0.05) is 23.2 Å². The van der Waals surface area contributed by atoms with Crippen molar-refractivity contribution in [2.75, 3.05) is 6.61 Å². The van der Waals surface area contributed by atoms with E-state index in [1.807, 2.05) is 6.07 Å². The van der Waals surface area contributed by atoms with Gasteiger partial charge in [0.05, 0.1) is 16.7 Å². The SMILES string of the molecule is Clc1cc2c(cc1Cl)OCC2. The van der Waals surface area contributed by atoms with Crippen molar-refractivity contribution in [3.63, 3.8) is 0 Å². The van der Waals surface area contributed by atoms with Crippen LogP contribution in [0.2, 0.25) is 10.0 Å². The number of benzene rings is 1. The molecule has 0 spiro atoms. The van der Waals surface area contributed by atoms with Gasteiger partial charge in [-0.05, 0) is 11.6 Å². The van der Waals surface area contributed by atoms with Gasteiger partial charge in [0, 0.05) is 12.5 Å². The summed E-state index contributed by atoms with van der Waals surface area (Å²) in [5, 5.41) is 1.17. The van der Waals surface area contributed by atoms with Crippen molar-refractivity contribution in [2.24, 2.45) is 0 Å². The normalized spacial score (nSPS) is 14.4. The minimum absolute atomic E-state index is 0.562. The maximum Gasteiger partial charge on any atom is 0.124 e. The monoisotopic (exact) mass is 188 g/mol. The van der Waals surface area contributed by atoms with Gasteiger partial charge in [0.1, 0.15) is 5.75 Å². The van der Waals surface area contributed by atoms with Crippen molar-refractivity contribution in [2.45, 2.75) is 6.42 Å². The molecule has 0 saturated heterocycles. The first kappa shape index (κ1) is 7.26. The summed E-state index contributed by atoms with van der Waals surface area (Å²) in [6, 6.07) is 3.64. The Morgan fingerprint density at radius 2 is 1.91 bits per heavy atom. The number of halogens is 2. The Hall–Kier alpha value is -0.400. The van der Waals surface area contributed by atoms with Crippen LogP contribution in [0.1, 0.15) is 5.56 Å². The van der Waals surface area contributed by atoms with Crippen LogP contribution in [0.5, 0.6) is 5.75 Å². The van der Waals surface area contributed by atoms with Crippen LogP contribution in [0.3, 0.4) is 0 Å². The molecule has 0 amide bonds. The minimum atomic E-state index is 0.562. The van der Waals surface area contributed by atoms with Gasteiger partial charge >= 0.3 is 0 Å². The van der Waals surface area contributed by atoms with E-state index in [9.17, 15) is 0 Å². The van der Waals surface area contributed by atoms with E-state index >= 15 is 0 Å². The summed E-state index contributed by atoms with van der Waals surface area (Å²) in [5.74, 6) is 0.874. The fraction of sp³-hybridized carbons (Fsp3) is 0.250. The van der Waals surface area contributed by atoms with Gasteiger partial charge in [0.15, 0.2) is 0 Å². The predicted molar refractivity (Wildman–Crippen MR) is 45.7 cm³/mol. The largest absolute Gasteiger partial charge is 0.493 e. The van der Waals surface area contributed by atoms with Crippen molar-refractivity contribution in [1.82, 2.24) is 0 Å². The van der Waals surface area contributed by atoms with Gasteiger partial charge in [0.2, 0.25) is 0 Å². The highest BCUT2D eigenvalue weighted by atomic mass is 35.5. The van der Waals surface area contributed by atoms with Crippen molar-refractivity contribution in [3.8, 4) is 5.75 Å². The summed E-state index contributed by atoms with van der Waals surface area (Å²) in [6.45, 7) is 0.742. The van der Waals surface area contributed by atoms with E-state index in [1.165, 1.54) is 0 Å². The van der Waals surface area contributed by atoms with Crippen LogP contribution in [0.4, 0.5) is 0 Å². The number of rotatable bonds is 0. The van der Waals surface area contributed by atoms with E-state index in [-0.39, 0.29) is 0 Å². The lowest BCUT2D eigenvalue weighted by Gasteiger charge is -2.00. The van der Waals surface area contributed by atoms with E-state index in [0.29, 0.717) is 10.0 Å². The third-order valence-electron chi connectivity index (χ3n) is 1.73. The molecular formula is C8H6Cl2O. The quantitative estimate of drug-likeness (QED) is 0.609. The van der Waals surface area contributed by atoms with Gasteiger partial charge < -0.3 is 4.74 Å². The highest BCUT2D eigenvalue weighted by molar-refractivity contribution is 6.42. The molecule has 0 atom stereocenters. The smallest absolute Gasteiger partial charge is 0.124 e. The molecule has 0 bridgehead atoms. The van der Waals surface area contributed by atoms with Crippen molar-refractivity contribution >= 4 is 23.2 Å². The summed E-state index contributed by atoms with van der Waals surface area (Å²) in [4.78, 5) is 0. The minimum Gasteiger partial charge on any atom is -0.493 e. The molecule has 1 aromatic rings. The topological polar surface area (TPSA) is 9.23 Å². The summed E-state index contributed by atoms with van der Waals surface area (Å²) in [6.07, 6.45) is 0.937. The molecule has 2 rings (SSSR count). The molecule has 11 heavy (non-hydrogen) atoms. The Balaban J connectivity index is 2.57. The average molecular weight is 189 g/mol. The standard InChI is InChI=1S/C8H6Cl2O/c9-6-3-5-1-2-11-8(5)4-7(6)10/h3-4H,1-2H2.